The van der Waals surface area contributed by atoms with Crippen LogP contribution in [0.4, 0.5) is 11.8 Å². The molecule has 1 aliphatic carbocycles. The molecule has 0 aromatic carbocycles. The van der Waals surface area contributed by atoms with E-state index in [0.29, 0.717) is 5.82 Å². The fourth-order valence-electron chi connectivity index (χ4n) is 1.85. The van der Waals surface area contributed by atoms with Crippen LogP contribution < -0.4 is 11.1 Å². The molecule has 0 aliphatic heterocycles. The van der Waals surface area contributed by atoms with Crippen molar-refractivity contribution in [1.82, 2.24) is 9.97 Å². The third-order valence-corrected chi connectivity index (χ3v) is 2.88. The Morgan fingerprint density at radius 2 is 2.27 bits per heavy atom. The van der Waals surface area contributed by atoms with Gasteiger partial charge >= 0.3 is 0 Å². The van der Waals surface area contributed by atoms with Crippen LogP contribution in [0.3, 0.4) is 0 Å². The highest BCUT2D eigenvalue weighted by Crippen LogP contribution is 2.34. The summed E-state index contributed by atoms with van der Waals surface area (Å²) in [6.07, 6.45) is 3.10. The lowest BCUT2D eigenvalue weighted by atomic mass is 9.77. The first-order valence-electron chi connectivity index (χ1n) is 5.14. The van der Waals surface area contributed by atoms with Crippen LogP contribution in [0.5, 0.6) is 0 Å². The van der Waals surface area contributed by atoms with E-state index in [1.54, 1.807) is 0 Å². The van der Waals surface area contributed by atoms with Gasteiger partial charge in [0.25, 0.3) is 0 Å². The van der Waals surface area contributed by atoms with Gasteiger partial charge in [0.2, 0.25) is 5.95 Å². The SMILES string of the molecule is Cc1cc(NC2(CO)CCC2)nc(N)n1. The summed E-state index contributed by atoms with van der Waals surface area (Å²) in [5.41, 5.74) is 6.20. The van der Waals surface area contributed by atoms with Crippen molar-refractivity contribution in [2.24, 2.45) is 0 Å². The molecule has 82 valence electrons. The van der Waals surface area contributed by atoms with Crippen LogP contribution in [0.1, 0.15) is 25.0 Å². The molecule has 15 heavy (non-hydrogen) atoms. The molecular weight excluding hydrogens is 192 g/mol. The number of nitrogen functional groups attached to an aromatic ring is 1. The second-order valence-electron chi connectivity index (χ2n) is 4.17. The molecule has 0 unspecified atom stereocenters. The van der Waals surface area contributed by atoms with Gasteiger partial charge in [0.05, 0.1) is 12.1 Å². The summed E-state index contributed by atoms with van der Waals surface area (Å²) in [6.45, 7) is 2.01. The summed E-state index contributed by atoms with van der Waals surface area (Å²) in [5.74, 6) is 0.971. The van der Waals surface area contributed by atoms with E-state index < -0.39 is 0 Å². The lowest BCUT2D eigenvalue weighted by Crippen LogP contribution is -2.48. The van der Waals surface area contributed by atoms with Crippen LogP contribution in [0.15, 0.2) is 6.07 Å². The minimum absolute atomic E-state index is 0.135. The number of nitrogens with zero attached hydrogens (tertiary/aromatic N) is 2. The number of rotatable bonds is 3. The Morgan fingerprint density at radius 3 is 2.73 bits per heavy atom. The van der Waals surface area contributed by atoms with E-state index in [-0.39, 0.29) is 18.1 Å². The first-order valence-corrected chi connectivity index (χ1v) is 5.14. The maximum absolute atomic E-state index is 9.30. The van der Waals surface area contributed by atoms with E-state index in [4.69, 9.17) is 5.73 Å². The predicted octanol–water partition coefficient (Wildman–Crippen LogP) is 0.694. The number of anilines is 2. The van der Waals surface area contributed by atoms with E-state index in [1.807, 2.05) is 13.0 Å². The molecular formula is C10H16N4O. The number of aliphatic hydroxyl groups is 1. The maximum Gasteiger partial charge on any atom is 0.222 e. The molecule has 1 aromatic heterocycles. The van der Waals surface area contributed by atoms with Crippen molar-refractivity contribution in [2.45, 2.75) is 31.7 Å². The van der Waals surface area contributed by atoms with E-state index in [0.717, 1.165) is 25.0 Å². The van der Waals surface area contributed by atoms with Gasteiger partial charge < -0.3 is 16.2 Å². The maximum atomic E-state index is 9.30. The molecule has 1 aliphatic rings. The van der Waals surface area contributed by atoms with Gasteiger partial charge in [-0.1, -0.05) is 0 Å². The normalized spacial score (nSPS) is 18.3. The number of aromatic nitrogens is 2. The smallest absolute Gasteiger partial charge is 0.222 e. The zero-order chi connectivity index (χ0) is 10.9. The topological polar surface area (TPSA) is 84.1 Å². The average molecular weight is 208 g/mol. The number of nitrogens with two attached hydrogens (primary N) is 1. The third-order valence-electron chi connectivity index (χ3n) is 2.88. The van der Waals surface area contributed by atoms with E-state index in [2.05, 4.69) is 15.3 Å². The molecule has 0 bridgehead atoms. The lowest BCUT2D eigenvalue weighted by molar-refractivity contribution is 0.144. The molecule has 2 rings (SSSR count). The van der Waals surface area contributed by atoms with E-state index >= 15 is 0 Å². The Hall–Kier alpha value is -1.36. The van der Waals surface area contributed by atoms with Gasteiger partial charge in [0.1, 0.15) is 5.82 Å². The van der Waals surface area contributed by atoms with Gasteiger partial charge in [-0.25, -0.2) is 4.98 Å². The summed E-state index contributed by atoms with van der Waals surface area (Å²) in [4.78, 5) is 8.09. The summed E-state index contributed by atoms with van der Waals surface area (Å²) < 4.78 is 0. The number of hydrogen-bond acceptors (Lipinski definition) is 5. The van der Waals surface area contributed by atoms with E-state index in [9.17, 15) is 5.11 Å². The monoisotopic (exact) mass is 208 g/mol. The molecule has 0 spiro atoms. The average Bonchev–Trinajstić information content (AvgIpc) is 2.10. The quantitative estimate of drug-likeness (QED) is 0.680. The van der Waals surface area contributed by atoms with Crippen molar-refractivity contribution in [3.8, 4) is 0 Å². The van der Waals surface area contributed by atoms with Crippen molar-refractivity contribution in [3.05, 3.63) is 11.8 Å². The standard InChI is InChI=1S/C10H16N4O/c1-7-5-8(13-9(11)12-7)14-10(6-15)3-2-4-10/h5,15H,2-4,6H2,1H3,(H3,11,12,13,14). The Kier molecular flexibility index (Phi) is 2.48. The third kappa shape index (κ3) is 2.02. The Balaban J connectivity index is 2.16. The molecule has 4 N–H and O–H groups in total. The van der Waals surface area contributed by atoms with Crippen molar-refractivity contribution >= 4 is 11.8 Å². The second kappa shape index (κ2) is 3.66. The largest absolute Gasteiger partial charge is 0.394 e. The highest BCUT2D eigenvalue weighted by molar-refractivity contribution is 5.43. The Labute approximate surface area is 88.7 Å². The molecule has 1 aromatic rings. The van der Waals surface area contributed by atoms with Crippen LogP contribution in [0.2, 0.25) is 0 Å². The minimum atomic E-state index is -0.187. The first kappa shape index (κ1) is 10.2. The summed E-state index contributed by atoms with van der Waals surface area (Å²) in [6, 6.07) is 1.84. The van der Waals surface area contributed by atoms with Crippen LogP contribution in [0.25, 0.3) is 0 Å². The van der Waals surface area contributed by atoms with Gasteiger partial charge in [-0.15, -0.1) is 0 Å². The number of aryl methyl sites for hydroxylation is 1. The molecule has 5 heteroatoms. The number of aliphatic hydroxyl groups excluding tert-OH is 1. The van der Waals surface area contributed by atoms with Crippen molar-refractivity contribution in [1.29, 1.82) is 0 Å². The second-order valence-corrected chi connectivity index (χ2v) is 4.17. The summed E-state index contributed by atoms with van der Waals surface area (Å²) in [7, 11) is 0. The molecule has 0 saturated heterocycles. The van der Waals surface area contributed by atoms with Gasteiger partial charge in [0, 0.05) is 11.8 Å². The predicted molar refractivity (Wildman–Crippen MR) is 58.5 cm³/mol. The highest BCUT2D eigenvalue weighted by Gasteiger charge is 2.36. The Morgan fingerprint density at radius 1 is 1.53 bits per heavy atom. The highest BCUT2D eigenvalue weighted by atomic mass is 16.3. The van der Waals surface area contributed by atoms with Crippen molar-refractivity contribution in [2.75, 3.05) is 17.7 Å². The summed E-state index contributed by atoms with van der Waals surface area (Å²) in [5, 5.41) is 12.5. The van der Waals surface area contributed by atoms with Crippen LogP contribution in [-0.2, 0) is 0 Å². The first-order chi connectivity index (χ1) is 7.13. The van der Waals surface area contributed by atoms with Crippen LogP contribution in [0, 0.1) is 6.92 Å². The molecule has 0 amide bonds. The fraction of sp³-hybridized carbons (Fsp3) is 0.600. The zero-order valence-electron chi connectivity index (χ0n) is 8.82. The fourth-order valence-corrected chi connectivity index (χ4v) is 1.85. The molecule has 0 radical (unpaired) electrons. The molecule has 1 fully saturated rings. The van der Waals surface area contributed by atoms with E-state index in [1.165, 1.54) is 0 Å². The molecule has 0 atom stereocenters. The number of hydrogen-bond donors (Lipinski definition) is 3. The lowest BCUT2D eigenvalue weighted by Gasteiger charge is -2.41. The Bertz CT molecular complexity index is 337. The van der Waals surface area contributed by atoms with Crippen LogP contribution in [-0.4, -0.2) is 27.2 Å². The molecule has 1 saturated carbocycles. The van der Waals surface area contributed by atoms with Gasteiger partial charge in [-0.2, -0.15) is 4.98 Å². The van der Waals surface area contributed by atoms with Crippen molar-refractivity contribution < 1.29 is 5.11 Å². The summed E-state index contributed by atoms with van der Waals surface area (Å²) >= 11 is 0. The van der Waals surface area contributed by atoms with Crippen LogP contribution >= 0.6 is 0 Å². The molecule has 1 heterocycles. The van der Waals surface area contributed by atoms with Crippen molar-refractivity contribution in [3.63, 3.8) is 0 Å². The zero-order valence-corrected chi connectivity index (χ0v) is 8.82. The van der Waals surface area contributed by atoms with Gasteiger partial charge in [-0.05, 0) is 26.2 Å². The van der Waals surface area contributed by atoms with Gasteiger partial charge in [-0.3, -0.25) is 0 Å². The minimum Gasteiger partial charge on any atom is -0.394 e. The number of nitrogens with one attached hydrogen (secondary N) is 1. The molecule has 5 nitrogen and oxygen atoms in total. The van der Waals surface area contributed by atoms with Gasteiger partial charge in [0.15, 0.2) is 0 Å².